The predicted octanol–water partition coefficient (Wildman–Crippen LogP) is 4.15. The number of para-hydroxylation sites is 1. The molecule has 0 radical (unpaired) electrons. The quantitative estimate of drug-likeness (QED) is 0.866. The van der Waals surface area contributed by atoms with Crippen molar-refractivity contribution in [3.8, 4) is 11.5 Å². The molecule has 3 nitrogen and oxygen atoms in total. The second kappa shape index (κ2) is 6.97. The molecule has 0 aromatic heterocycles. The molecule has 0 fully saturated rings. The standard InChI is InChI=1S/C17H20FNO2/c1-4-21-16-7-5-6-13(17(16)20-3)11-19-15-9-8-12(2)10-14(15)18/h5-10,19H,4,11H2,1-3H3. The molecule has 0 amide bonds. The largest absolute Gasteiger partial charge is 0.493 e. The maximum Gasteiger partial charge on any atom is 0.165 e. The lowest BCUT2D eigenvalue weighted by atomic mass is 10.1. The zero-order valence-corrected chi connectivity index (χ0v) is 12.6. The smallest absolute Gasteiger partial charge is 0.165 e. The van der Waals surface area contributed by atoms with E-state index in [1.54, 1.807) is 13.2 Å². The van der Waals surface area contributed by atoms with Gasteiger partial charge in [-0.05, 0) is 37.6 Å². The fraction of sp³-hybridized carbons (Fsp3) is 0.294. The molecule has 2 rings (SSSR count). The van der Waals surface area contributed by atoms with Crippen molar-refractivity contribution in [1.82, 2.24) is 0 Å². The Morgan fingerprint density at radius 2 is 2.00 bits per heavy atom. The third-order valence-corrected chi connectivity index (χ3v) is 3.16. The fourth-order valence-electron chi connectivity index (χ4n) is 2.16. The zero-order valence-electron chi connectivity index (χ0n) is 12.6. The fourth-order valence-corrected chi connectivity index (χ4v) is 2.16. The highest BCUT2D eigenvalue weighted by Crippen LogP contribution is 2.31. The second-order valence-electron chi connectivity index (χ2n) is 4.72. The number of nitrogens with one attached hydrogen (secondary N) is 1. The van der Waals surface area contributed by atoms with Crippen LogP contribution >= 0.6 is 0 Å². The minimum atomic E-state index is -0.255. The first-order valence-electron chi connectivity index (χ1n) is 6.94. The van der Waals surface area contributed by atoms with Crippen LogP contribution in [0, 0.1) is 12.7 Å². The van der Waals surface area contributed by atoms with Crippen LogP contribution in [0.4, 0.5) is 10.1 Å². The van der Waals surface area contributed by atoms with Crippen LogP contribution in [-0.2, 0) is 6.54 Å². The number of hydrogen-bond donors (Lipinski definition) is 1. The van der Waals surface area contributed by atoms with Gasteiger partial charge in [-0.25, -0.2) is 4.39 Å². The second-order valence-corrected chi connectivity index (χ2v) is 4.72. The molecule has 0 spiro atoms. The van der Waals surface area contributed by atoms with Crippen molar-refractivity contribution >= 4 is 5.69 Å². The molecule has 0 aliphatic carbocycles. The van der Waals surface area contributed by atoms with Gasteiger partial charge in [-0.3, -0.25) is 0 Å². The number of halogens is 1. The lowest BCUT2D eigenvalue weighted by molar-refractivity contribution is 0.309. The summed E-state index contributed by atoms with van der Waals surface area (Å²) in [5.74, 6) is 1.12. The summed E-state index contributed by atoms with van der Waals surface area (Å²) in [5, 5.41) is 3.09. The maximum absolute atomic E-state index is 13.8. The molecule has 1 N–H and O–H groups in total. The Labute approximate surface area is 124 Å². The summed E-state index contributed by atoms with van der Waals surface area (Å²) < 4.78 is 24.8. The van der Waals surface area contributed by atoms with Crippen LogP contribution in [0.2, 0.25) is 0 Å². The van der Waals surface area contributed by atoms with Gasteiger partial charge in [-0.2, -0.15) is 0 Å². The molecule has 2 aromatic rings. The first-order valence-corrected chi connectivity index (χ1v) is 6.94. The van der Waals surface area contributed by atoms with Gasteiger partial charge in [0.1, 0.15) is 5.82 Å². The van der Waals surface area contributed by atoms with Crippen molar-refractivity contribution in [2.24, 2.45) is 0 Å². The number of benzene rings is 2. The molecule has 0 saturated carbocycles. The molecule has 112 valence electrons. The Hall–Kier alpha value is -2.23. The molecule has 0 aliphatic heterocycles. The third-order valence-electron chi connectivity index (χ3n) is 3.16. The van der Waals surface area contributed by atoms with Gasteiger partial charge in [-0.1, -0.05) is 18.2 Å². The number of aryl methyl sites for hydroxylation is 1. The van der Waals surface area contributed by atoms with Crippen molar-refractivity contribution in [3.05, 3.63) is 53.3 Å². The van der Waals surface area contributed by atoms with Crippen LogP contribution in [0.3, 0.4) is 0 Å². The molecule has 21 heavy (non-hydrogen) atoms. The van der Waals surface area contributed by atoms with E-state index in [0.29, 0.717) is 30.3 Å². The van der Waals surface area contributed by atoms with Crippen molar-refractivity contribution in [2.75, 3.05) is 19.0 Å². The van der Waals surface area contributed by atoms with Crippen molar-refractivity contribution in [3.63, 3.8) is 0 Å². The van der Waals surface area contributed by atoms with E-state index in [1.807, 2.05) is 38.1 Å². The number of methoxy groups -OCH3 is 1. The van der Waals surface area contributed by atoms with Gasteiger partial charge in [0.2, 0.25) is 0 Å². The summed E-state index contributed by atoms with van der Waals surface area (Å²) in [6.45, 7) is 4.82. The first-order chi connectivity index (χ1) is 10.2. The minimum Gasteiger partial charge on any atom is -0.493 e. The Balaban J connectivity index is 2.17. The number of hydrogen-bond acceptors (Lipinski definition) is 3. The molecule has 4 heteroatoms. The summed E-state index contributed by atoms with van der Waals surface area (Å²) in [5.41, 5.74) is 2.29. The van der Waals surface area contributed by atoms with Crippen LogP contribution in [0.5, 0.6) is 11.5 Å². The summed E-state index contributed by atoms with van der Waals surface area (Å²) in [7, 11) is 1.60. The van der Waals surface area contributed by atoms with Crippen LogP contribution < -0.4 is 14.8 Å². The van der Waals surface area contributed by atoms with E-state index < -0.39 is 0 Å². The summed E-state index contributed by atoms with van der Waals surface area (Å²) in [4.78, 5) is 0. The Bertz CT molecular complexity index is 614. The summed E-state index contributed by atoms with van der Waals surface area (Å²) in [6.07, 6.45) is 0. The highest BCUT2D eigenvalue weighted by atomic mass is 19.1. The van der Waals surface area contributed by atoms with E-state index in [1.165, 1.54) is 6.07 Å². The van der Waals surface area contributed by atoms with Gasteiger partial charge in [0.25, 0.3) is 0 Å². The van der Waals surface area contributed by atoms with E-state index in [2.05, 4.69) is 5.32 Å². The van der Waals surface area contributed by atoms with Crippen LogP contribution in [0.1, 0.15) is 18.1 Å². The number of anilines is 1. The zero-order chi connectivity index (χ0) is 15.2. The lowest BCUT2D eigenvalue weighted by Gasteiger charge is -2.15. The number of ether oxygens (including phenoxy) is 2. The molecule has 0 heterocycles. The molecule has 0 aliphatic rings. The van der Waals surface area contributed by atoms with Gasteiger partial charge in [-0.15, -0.1) is 0 Å². The first kappa shape index (κ1) is 15.2. The Morgan fingerprint density at radius 3 is 2.67 bits per heavy atom. The summed E-state index contributed by atoms with van der Waals surface area (Å²) in [6, 6.07) is 10.8. The van der Waals surface area contributed by atoms with Crippen LogP contribution in [0.25, 0.3) is 0 Å². The Morgan fingerprint density at radius 1 is 1.19 bits per heavy atom. The highest BCUT2D eigenvalue weighted by Gasteiger charge is 2.10. The van der Waals surface area contributed by atoms with E-state index in [9.17, 15) is 4.39 Å². The van der Waals surface area contributed by atoms with E-state index >= 15 is 0 Å². The average Bonchev–Trinajstić information content (AvgIpc) is 2.47. The molecular weight excluding hydrogens is 269 g/mol. The SMILES string of the molecule is CCOc1cccc(CNc2ccc(C)cc2F)c1OC. The maximum atomic E-state index is 13.8. The third kappa shape index (κ3) is 3.66. The van der Waals surface area contributed by atoms with Crippen LogP contribution in [-0.4, -0.2) is 13.7 Å². The van der Waals surface area contributed by atoms with Crippen molar-refractivity contribution in [2.45, 2.75) is 20.4 Å². The minimum absolute atomic E-state index is 0.255. The lowest BCUT2D eigenvalue weighted by Crippen LogP contribution is -2.05. The highest BCUT2D eigenvalue weighted by molar-refractivity contribution is 5.51. The normalized spacial score (nSPS) is 10.3. The molecular formula is C17H20FNO2. The molecule has 2 aromatic carbocycles. The van der Waals surface area contributed by atoms with E-state index in [0.717, 1.165) is 11.1 Å². The van der Waals surface area contributed by atoms with Crippen molar-refractivity contribution in [1.29, 1.82) is 0 Å². The molecule has 0 atom stereocenters. The topological polar surface area (TPSA) is 30.5 Å². The average molecular weight is 289 g/mol. The van der Waals surface area contributed by atoms with Crippen LogP contribution in [0.15, 0.2) is 36.4 Å². The monoisotopic (exact) mass is 289 g/mol. The van der Waals surface area contributed by atoms with Gasteiger partial charge < -0.3 is 14.8 Å². The van der Waals surface area contributed by atoms with Crippen molar-refractivity contribution < 1.29 is 13.9 Å². The van der Waals surface area contributed by atoms with Gasteiger partial charge >= 0.3 is 0 Å². The molecule has 0 saturated heterocycles. The number of rotatable bonds is 6. The van der Waals surface area contributed by atoms with E-state index in [4.69, 9.17) is 9.47 Å². The Kier molecular flexibility index (Phi) is 5.04. The van der Waals surface area contributed by atoms with E-state index in [-0.39, 0.29) is 5.82 Å². The molecule has 0 unspecified atom stereocenters. The van der Waals surface area contributed by atoms with Gasteiger partial charge in [0.05, 0.1) is 19.4 Å². The molecule has 0 bridgehead atoms. The predicted molar refractivity (Wildman–Crippen MR) is 82.6 cm³/mol. The van der Waals surface area contributed by atoms with Gasteiger partial charge in [0.15, 0.2) is 11.5 Å². The van der Waals surface area contributed by atoms with Gasteiger partial charge in [0, 0.05) is 12.1 Å². The summed E-state index contributed by atoms with van der Waals surface area (Å²) >= 11 is 0.